The molecule has 1 heterocycles. The van der Waals surface area contributed by atoms with E-state index in [1.54, 1.807) is 61.2 Å². The Kier molecular flexibility index (Phi) is 4.88. The highest BCUT2D eigenvalue weighted by Gasteiger charge is 2.33. The first-order valence-corrected chi connectivity index (χ1v) is 10.9. The normalized spacial score (nSPS) is 13.7. The van der Waals surface area contributed by atoms with E-state index in [2.05, 4.69) is 0 Å². The summed E-state index contributed by atoms with van der Waals surface area (Å²) in [6.07, 6.45) is 0. The van der Waals surface area contributed by atoms with Crippen LogP contribution >= 0.6 is 0 Å². The fraction of sp³-hybridized carbons (Fsp3) is 0.227. The minimum absolute atomic E-state index is 0.196. The molecule has 4 rings (SSSR count). The molecular weight excluding hydrogens is 391 g/mol. The average Bonchev–Trinajstić information content (AvgIpc) is 2.96. The summed E-state index contributed by atoms with van der Waals surface area (Å²) < 4.78 is 41.2. The number of hydrogen-bond acceptors (Lipinski definition) is 3. The van der Waals surface area contributed by atoms with Crippen molar-refractivity contribution in [1.82, 2.24) is 4.31 Å². The predicted molar refractivity (Wildman–Crippen MR) is 111 cm³/mol. The number of anilines is 1. The number of carbonyl (C=O) groups is 1. The van der Waals surface area contributed by atoms with Crippen LogP contribution < -0.4 is 4.90 Å². The van der Waals surface area contributed by atoms with Gasteiger partial charge in [-0.1, -0.05) is 38.1 Å². The highest BCUT2D eigenvalue weighted by molar-refractivity contribution is 7.89. The number of benzene rings is 3. The molecule has 5 nitrogen and oxygen atoms in total. The summed E-state index contributed by atoms with van der Waals surface area (Å²) in [6, 6.07) is 14.5. The number of halogens is 1. The molecule has 3 aromatic rings. The predicted octanol–water partition coefficient (Wildman–Crippen LogP) is 4.17. The van der Waals surface area contributed by atoms with E-state index < -0.39 is 10.0 Å². The minimum atomic E-state index is -3.68. The Labute approximate surface area is 169 Å². The number of sulfonamides is 1. The fourth-order valence-electron chi connectivity index (χ4n) is 3.92. The van der Waals surface area contributed by atoms with Crippen LogP contribution in [0.4, 0.5) is 10.1 Å². The lowest BCUT2D eigenvalue weighted by Gasteiger charge is -2.21. The van der Waals surface area contributed by atoms with Crippen LogP contribution in [0.25, 0.3) is 10.8 Å². The Hall–Kier alpha value is -2.77. The van der Waals surface area contributed by atoms with E-state index in [9.17, 15) is 17.6 Å². The largest absolute Gasteiger partial charge is 0.303 e. The van der Waals surface area contributed by atoms with Crippen LogP contribution in [0.5, 0.6) is 0 Å². The third-order valence-corrected chi connectivity index (χ3v) is 7.41. The van der Waals surface area contributed by atoms with Crippen molar-refractivity contribution in [3.8, 4) is 0 Å². The maximum Gasteiger partial charge on any atom is 0.259 e. The van der Waals surface area contributed by atoms with Gasteiger partial charge in [0.05, 0.1) is 17.1 Å². The van der Waals surface area contributed by atoms with Gasteiger partial charge in [0, 0.05) is 29.4 Å². The number of nitrogens with zero attached hydrogens (tertiary/aromatic N) is 2. The molecule has 0 radical (unpaired) electrons. The highest BCUT2D eigenvalue weighted by Crippen LogP contribution is 2.41. The smallest absolute Gasteiger partial charge is 0.259 e. The Balaban J connectivity index is 1.86. The summed E-state index contributed by atoms with van der Waals surface area (Å²) in [6.45, 7) is 4.54. The Morgan fingerprint density at radius 3 is 2.41 bits per heavy atom. The van der Waals surface area contributed by atoms with Crippen LogP contribution in [0.1, 0.15) is 29.8 Å². The second kappa shape index (κ2) is 7.24. The maximum absolute atomic E-state index is 13.6. The SMILES string of the molecule is CCN(CC)S(=O)(=O)c1ccc2c3c(cccc13)C(=O)N2Cc1cccc(F)c1. The number of rotatable bonds is 6. The molecular formula is C22H21FN2O3S. The molecule has 3 aromatic carbocycles. The van der Waals surface area contributed by atoms with E-state index in [1.807, 2.05) is 0 Å². The van der Waals surface area contributed by atoms with E-state index in [4.69, 9.17) is 0 Å². The lowest BCUT2D eigenvalue weighted by atomic mass is 10.1. The zero-order chi connectivity index (χ0) is 20.8. The number of amides is 1. The summed E-state index contributed by atoms with van der Waals surface area (Å²) in [5.41, 5.74) is 1.77. The summed E-state index contributed by atoms with van der Waals surface area (Å²) >= 11 is 0. The van der Waals surface area contributed by atoms with Gasteiger partial charge in [0.15, 0.2) is 0 Å². The molecule has 0 spiro atoms. The standard InChI is InChI=1S/C22H21FN2O3S/c1-3-24(4-2)29(27,28)20-12-11-19-21-17(20)9-6-10-18(21)22(26)25(19)14-15-7-5-8-16(23)13-15/h5-13H,3-4,14H2,1-2H3. The third kappa shape index (κ3) is 3.10. The van der Waals surface area contributed by atoms with Gasteiger partial charge < -0.3 is 4.90 Å². The summed E-state index contributed by atoms with van der Waals surface area (Å²) in [4.78, 5) is 14.8. The molecule has 0 N–H and O–H groups in total. The Morgan fingerprint density at radius 1 is 1.00 bits per heavy atom. The maximum atomic E-state index is 13.6. The van der Waals surface area contributed by atoms with E-state index in [-0.39, 0.29) is 23.2 Å². The lowest BCUT2D eigenvalue weighted by Crippen LogP contribution is -2.30. The molecule has 0 bridgehead atoms. The molecule has 0 atom stereocenters. The van der Waals surface area contributed by atoms with Crippen LogP contribution in [0.15, 0.2) is 59.5 Å². The minimum Gasteiger partial charge on any atom is -0.303 e. The van der Waals surface area contributed by atoms with Crippen molar-refractivity contribution in [1.29, 1.82) is 0 Å². The lowest BCUT2D eigenvalue weighted by molar-refractivity contribution is 0.0991. The second-order valence-electron chi connectivity index (χ2n) is 6.92. The van der Waals surface area contributed by atoms with Gasteiger partial charge in [0.2, 0.25) is 10.0 Å². The van der Waals surface area contributed by atoms with Crippen molar-refractivity contribution in [3.05, 3.63) is 71.5 Å². The first-order valence-electron chi connectivity index (χ1n) is 9.50. The summed E-state index contributed by atoms with van der Waals surface area (Å²) in [5.74, 6) is -0.579. The molecule has 0 aromatic heterocycles. The van der Waals surface area contributed by atoms with E-state index in [0.717, 1.165) is 0 Å². The van der Waals surface area contributed by atoms with Crippen molar-refractivity contribution >= 4 is 32.4 Å². The van der Waals surface area contributed by atoms with Crippen molar-refractivity contribution in [2.45, 2.75) is 25.3 Å². The zero-order valence-corrected chi connectivity index (χ0v) is 17.0. The topological polar surface area (TPSA) is 57.7 Å². The van der Waals surface area contributed by atoms with Gasteiger partial charge in [-0.15, -0.1) is 0 Å². The molecule has 1 aliphatic rings. The van der Waals surface area contributed by atoms with E-state index >= 15 is 0 Å². The van der Waals surface area contributed by atoms with Gasteiger partial charge in [-0.25, -0.2) is 12.8 Å². The molecule has 0 unspecified atom stereocenters. The molecule has 1 amide bonds. The van der Waals surface area contributed by atoms with E-state index in [1.165, 1.54) is 16.4 Å². The Morgan fingerprint density at radius 2 is 1.72 bits per heavy atom. The molecule has 1 aliphatic heterocycles. The highest BCUT2D eigenvalue weighted by atomic mass is 32.2. The van der Waals surface area contributed by atoms with Gasteiger partial charge in [-0.05, 0) is 35.9 Å². The second-order valence-corrected chi connectivity index (χ2v) is 8.83. The van der Waals surface area contributed by atoms with Crippen molar-refractivity contribution in [2.24, 2.45) is 0 Å². The van der Waals surface area contributed by atoms with Crippen LogP contribution in [0.2, 0.25) is 0 Å². The average molecular weight is 412 g/mol. The molecule has 0 saturated heterocycles. The monoisotopic (exact) mass is 412 g/mol. The van der Waals surface area contributed by atoms with Crippen molar-refractivity contribution in [3.63, 3.8) is 0 Å². The van der Waals surface area contributed by atoms with Gasteiger partial charge >= 0.3 is 0 Å². The molecule has 0 fully saturated rings. The molecule has 7 heteroatoms. The summed E-state index contributed by atoms with van der Waals surface area (Å²) in [5, 5.41) is 1.16. The van der Waals surface area contributed by atoms with Crippen LogP contribution in [0.3, 0.4) is 0 Å². The zero-order valence-electron chi connectivity index (χ0n) is 16.2. The first-order chi connectivity index (χ1) is 13.9. The van der Waals surface area contributed by atoms with Gasteiger partial charge in [0.1, 0.15) is 5.82 Å². The fourth-order valence-corrected chi connectivity index (χ4v) is 5.57. The first kappa shape index (κ1) is 19.5. The Bertz CT molecular complexity index is 1220. The molecule has 0 saturated carbocycles. The molecule has 0 aliphatic carbocycles. The van der Waals surface area contributed by atoms with Crippen LogP contribution in [-0.4, -0.2) is 31.7 Å². The van der Waals surface area contributed by atoms with Gasteiger partial charge in [-0.2, -0.15) is 4.31 Å². The van der Waals surface area contributed by atoms with Gasteiger partial charge in [0.25, 0.3) is 5.91 Å². The van der Waals surface area contributed by atoms with E-state index in [0.29, 0.717) is 40.7 Å². The number of carbonyl (C=O) groups excluding carboxylic acids is 1. The summed E-state index contributed by atoms with van der Waals surface area (Å²) in [7, 11) is -3.68. The van der Waals surface area contributed by atoms with Crippen LogP contribution in [-0.2, 0) is 16.6 Å². The quantitative estimate of drug-likeness (QED) is 0.611. The van der Waals surface area contributed by atoms with Crippen molar-refractivity contribution < 1.29 is 17.6 Å². The van der Waals surface area contributed by atoms with Crippen molar-refractivity contribution in [2.75, 3.05) is 18.0 Å². The van der Waals surface area contributed by atoms with Gasteiger partial charge in [-0.3, -0.25) is 4.79 Å². The third-order valence-electron chi connectivity index (χ3n) is 5.30. The van der Waals surface area contributed by atoms with Crippen LogP contribution in [0, 0.1) is 5.82 Å². The number of hydrogen-bond donors (Lipinski definition) is 0. The molecule has 150 valence electrons. The molecule has 29 heavy (non-hydrogen) atoms.